The van der Waals surface area contributed by atoms with E-state index in [4.69, 9.17) is 9.15 Å². The quantitative estimate of drug-likeness (QED) is 0.884. The average molecular weight is 365 g/mol. The number of rotatable bonds is 5. The number of furan rings is 1. The number of morpholine rings is 1. The predicted octanol–water partition coefficient (Wildman–Crippen LogP) is 3.13. The number of hydrogen-bond donors (Lipinski definition) is 1. The van der Waals surface area contributed by atoms with Crippen molar-refractivity contribution in [3.05, 3.63) is 46.6 Å². The highest BCUT2D eigenvalue weighted by molar-refractivity contribution is 9.10. The molecule has 4 nitrogen and oxygen atoms in total. The van der Waals surface area contributed by atoms with Gasteiger partial charge in [-0.15, -0.1) is 0 Å². The Morgan fingerprint density at radius 2 is 2.23 bits per heavy atom. The number of likely N-dealkylation sites (N-methyl/N-ethyl adjacent to an activating group) is 1. The summed E-state index contributed by atoms with van der Waals surface area (Å²) in [5.74, 6) is 1.84. The maximum Gasteiger partial charge on any atom is 0.134 e. The second-order valence-corrected chi connectivity index (χ2v) is 6.58. The molecule has 1 aromatic heterocycles. The molecule has 0 radical (unpaired) electrons. The van der Waals surface area contributed by atoms with E-state index in [1.165, 1.54) is 0 Å². The van der Waals surface area contributed by atoms with Gasteiger partial charge in [0.1, 0.15) is 11.5 Å². The van der Waals surface area contributed by atoms with Gasteiger partial charge in [0.15, 0.2) is 0 Å². The van der Waals surface area contributed by atoms with Crippen molar-refractivity contribution < 1.29 is 9.15 Å². The van der Waals surface area contributed by atoms with Crippen LogP contribution in [0.5, 0.6) is 0 Å². The van der Waals surface area contributed by atoms with Crippen LogP contribution in [-0.4, -0.2) is 44.3 Å². The van der Waals surface area contributed by atoms with Crippen molar-refractivity contribution in [2.24, 2.45) is 0 Å². The van der Waals surface area contributed by atoms with Gasteiger partial charge >= 0.3 is 0 Å². The van der Waals surface area contributed by atoms with Crippen LogP contribution in [0.15, 0.2) is 45.3 Å². The van der Waals surface area contributed by atoms with Gasteiger partial charge in [0.2, 0.25) is 0 Å². The minimum atomic E-state index is 0.262. The van der Waals surface area contributed by atoms with Gasteiger partial charge in [-0.1, -0.05) is 28.1 Å². The van der Waals surface area contributed by atoms with Crippen molar-refractivity contribution in [1.29, 1.82) is 0 Å². The molecule has 22 heavy (non-hydrogen) atoms. The maximum absolute atomic E-state index is 5.90. The third-order valence-corrected chi connectivity index (χ3v) is 4.28. The van der Waals surface area contributed by atoms with Crippen LogP contribution in [0.3, 0.4) is 0 Å². The molecule has 0 amide bonds. The van der Waals surface area contributed by atoms with Crippen molar-refractivity contribution in [3.63, 3.8) is 0 Å². The minimum Gasteiger partial charge on any atom is -0.460 e. The predicted molar refractivity (Wildman–Crippen MR) is 90.8 cm³/mol. The first-order chi connectivity index (χ1) is 10.7. The Kier molecular flexibility index (Phi) is 5.31. The van der Waals surface area contributed by atoms with E-state index < -0.39 is 0 Å². The van der Waals surface area contributed by atoms with Crippen LogP contribution in [0.25, 0.3) is 11.3 Å². The normalized spacial score (nSPS) is 19.5. The third-order valence-electron chi connectivity index (χ3n) is 3.78. The van der Waals surface area contributed by atoms with Gasteiger partial charge in [-0.05, 0) is 31.3 Å². The van der Waals surface area contributed by atoms with Gasteiger partial charge in [-0.25, -0.2) is 0 Å². The standard InChI is InChI=1S/C17H21BrN2O2/c1-20-7-8-21-16(12-20)11-19-10-15-5-6-17(22-15)13-3-2-4-14(18)9-13/h2-6,9,16,19H,7-8,10-12H2,1H3. The Labute approximate surface area is 139 Å². The molecule has 2 heterocycles. The number of hydrogen-bond acceptors (Lipinski definition) is 4. The van der Waals surface area contributed by atoms with Crippen LogP contribution < -0.4 is 5.32 Å². The Hall–Kier alpha value is -1.14. The zero-order chi connectivity index (χ0) is 15.4. The summed E-state index contributed by atoms with van der Waals surface area (Å²) in [7, 11) is 2.13. The molecule has 0 spiro atoms. The first-order valence-electron chi connectivity index (χ1n) is 7.56. The molecule has 3 rings (SSSR count). The van der Waals surface area contributed by atoms with Gasteiger partial charge in [0.05, 0.1) is 19.3 Å². The zero-order valence-electron chi connectivity index (χ0n) is 12.7. The number of benzene rings is 1. The minimum absolute atomic E-state index is 0.262. The van der Waals surface area contributed by atoms with Gasteiger partial charge < -0.3 is 19.4 Å². The second-order valence-electron chi connectivity index (χ2n) is 5.66. The molecule has 0 bridgehead atoms. The van der Waals surface area contributed by atoms with E-state index in [1.54, 1.807) is 0 Å². The SMILES string of the molecule is CN1CCOC(CNCc2ccc(-c3cccc(Br)c3)o2)C1. The summed E-state index contributed by atoms with van der Waals surface area (Å²) < 4.78 is 12.7. The molecule has 1 aliphatic heterocycles. The fourth-order valence-electron chi connectivity index (χ4n) is 2.62. The summed E-state index contributed by atoms with van der Waals surface area (Å²) in [5.41, 5.74) is 1.08. The molecule has 0 aliphatic carbocycles. The van der Waals surface area contributed by atoms with Crippen molar-refractivity contribution in [3.8, 4) is 11.3 Å². The number of ether oxygens (including phenoxy) is 1. The molecule has 1 aliphatic rings. The van der Waals surface area contributed by atoms with Crippen molar-refractivity contribution in [1.82, 2.24) is 10.2 Å². The molecule has 1 fully saturated rings. The van der Waals surface area contributed by atoms with E-state index in [9.17, 15) is 0 Å². The van der Waals surface area contributed by atoms with Crippen LogP contribution in [0.1, 0.15) is 5.76 Å². The molecule has 2 aromatic rings. The van der Waals surface area contributed by atoms with E-state index in [0.717, 1.165) is 54.3 Å². The summed E-state index contributed by atoms with van der Waals surface area (Å²) in [6, 6.07) is 12.2. The molecule has 1 saturated heterocycles. The highest BCUT2D eigenvalue weighted by Crippen LogP contribution is 2.24. The first kappa shape index (κ1) is 15.7. The van der Waals surface area contributed by atoms with Crippen LogP contribution in [0, 0.1) is 0 Å². The van der Waals surface area contributed by atoms with Crippen LogP contribution in [0.2, 0.25) is 0 Å². The molecular weight excluding hydrogens is 344 g/mol. The monoisotopic (exact) mass is 364 g/mol. The molecule has 1 atom stereocenters. The molecule has 1 N–H and O–H groups in total. The molecular formula is C17H21BrN2O2. The van der Waals surface area contributed by atoms with Crippen LogP contribution in [0.4, 0.5) is 0 Å². The largest absolute Gasteiger partial charge is 0.460 e. The number of nitrogens with one attached hydrogen (secondary N) is 1. The van der Waals surface area contributed by atoms with Gasteiger partial charge in [-0.3, -0.25) is 0 Å². The smallest absolute Gasteiger partial charge is 0.134 e. The van der Waals surface area contributed by atoms with Gasteiger partial charge in [-0.2, -0.15) is 0 Å². The Bertz CT molecular complexity index is 614. The van der Waals surface area contributed by atoms with Gasteiger partial charge in [0, 0.05) is 29.7 Å². The lowest BCUT2D eigenvalue weighted by Gasteiger charge is -2.30. The first-order valence-corrected chi connectivity index (χ1v) is 8.35. The maximum atomic E-state index is 5.90. The molecule has 1 aromatic carbocycles. The second kappa shape index (κ2) is 7.42. The topological polar surface area (TPSA) is 37.6 Å². The van der Waals surface area contributed by atoms with E-state index in [-0.39, 0.29) is 6.10 Å². The number of nitrogens with zero attached hydrogens (tertiary/aromatic N) is 1. The summed E-state index contributed by atoms with van der Waals surface area (Å²) in [4.78, 5) is 2.30. The van der Waals surface area contributed by atoms with E-state index in [0.29, 0.717) is 0 Å². The molecule has 118 valence electrons. The highest BCUT2D eigenvalue weighted by atomic mass is 79.9. The van der Waals surface area contributed by atoms with Gasteiger partial charge in [0.25, 0.3) is 0 Å². The zero-order valence-corrected chi connectivity index (χ0v) is 14.3. The lowest BCUT2D eigenvalue weighted by molar-refractivity contribution is -0.0183. The van der Waals surface area contributed by atoms with Crippen molar-refractivity contribution in [2.45, 2.75) is 12.6 Å². The fourth-order valence-corrected chi connectivity index (χ4v) is 3.02. The fraction of sp³-hybridized carbons (Fsp3) is 0.412. The Morgan fingerprint density at radius 3 is 3.05 bits per heavy atom. The molecule has 0 saturated carbocycles. The van der Waals surface area contributed by atoms with Crippen molar-refractivity contribution in [2.75, 3.05) is 33.3 Å². The lowest BCUT2D eigenvalue weighted by atomic mass is 10.2. The van der Waals surface area contributed by atoms with E-state index in [1.807, 2.05) is 30.3 Å². The van der Waals surface area contributed by atoms with E-state index in [2.05, 4.69) is 39.3 Å². The highest BCUT2D eigenvalue weighted by Gasteiger charge is 2.17. The van der Waals surface area contributed by atoms with E-state index >= 15 is 0 Å². The van der Waals surface area contributed by atoms with Crippen molar-refractivity contribution >= 4 is 15.9 Å². The third kappa shape index (κ3) is 4.20. The van der Waals surface area contributed by atoms with Crippen LogP contribution >= 0.6 is 15.9 Å². The number of halogens is 1. The summed E-state index contributed by atoms with van der Waals surface area (Å²) in [5, 5.41) is 3.41. The Balaban J connectivity index is 1.51. The lowest BCUT2D eigenvalue weighted by Crippen LogP contribution is -2.44. The molecule has 5 heteroatoms. The summed E-state index contributed by atoms with van der Waals surface area (Å²) in [6.07, 6.45) is 0.262. The average Bonchev–Trinajstić information content (AvgIpc) is 2.96. The van der Waals surface area contributed by atoms with Crippen LogP contribution in [-0.2, 0) is 11.3 Å². The molecule has 1 unspecified atom stereocenters. The Morgan fingerprint density at radius 1 is 1.32 bits per heavy atom. The summed E-state index contributed by atoms with van der Waals surface area (Å²) >= 11 is 3.49. The summed E-state index contributed by atoms with van der Waals surface area (Å²) in [6.45, 7) is 4.38.